The predicted molar refractivity (Wildman–Crippen MR) is 166 cm³/mol. The Hall–Kier alpha value is -4.94. The summed E-state index contributed by atoms with van der Waals surface area (Å²) in [5, 5.41) is 12.4. The molecule has 0 radical (unpaired) electrons. The smallest absolute Gasteiger partial charge is 0.00264 e. The molecule has 38 heavy (non-hydrogen) atoms. The number of rotatable bonds is 3. The predicted octanol–water partition coefficient (Wildman–Crippen LogP) is 8.76. The van der Waals surface area contributed by atoms with Crippen molar-refractivity contribution >= 4 is 55.2 Å². The van der Waals surface area contributed by atoms with Gasteiger partial charge in [0, 0.05) is 0 Å². The Morgan fingerprint density at radius 3 is 1.71 bits per heavy atom. The number of fused-ring (bicyclic) bond motifs is 4. The van der Waals surface area contributed by atoms with E-state index in [1.54, 1.807) is 0 Å². The molecule has 0 aliphatic carbocycles. The minimum atomic E-state index is 1.19. The van der Waals surface area contributed by atoms with Crippen LogP contribution in [0.5, 0.6) is 0 Å². The number of allylic oxidation sites excluding steroid dienone is 1. The Balaban J connectivity index is 1.62. The molecule has 0 N–H and O–H groups in total. The lowest BCUT2D eigenvalue weighted by Crippen LogP contribution is -2.25. The Labute approximate surface area is 222 Å². The Morgan fingerprint density at radius 2 is 1.05 bits per heavy atom. The van der Waals surface area contributed by atoms with E-state index in [1.165, 1.54) is 70.2 Å². The molecule has 0 heterocycles. The first kappa shape index (κ1) is 22.3. The lowest BCUT2D eigenvalue weighted by molar-refractivity contribution is 1.58. The van der Waals surface area contributed by atoms with Crippen molar-refractivity contribution in [2.45, 2.75) is 0 Å². The van der Waals surface area contributed by atoms with Gasteiger partial charge in [-0.05, 0) is 88.4 Å². The van der Waals surface area contributed by atoms with Crippen molar-refractivity contribution in [1.29, 1.82) is 0 Å². The van der Waals surface area contributed by atoms with Gasteiger partial charge in [-0.2, -0.15) is 0 Å². The second-order valence-corrected chi connectivity index (χ2v) is 9.78. The van der Waals surface area contributed by atoms with E-state index in [9.17, 15) is 0 Å². The largest absolute Gasteiger partial charge is 0.0990 e. The van der Waals surface area contributed by atoms with E-state index in [0.717, 1.165) is 0 Å². The summed E-state index contributed by atoms with van der Waals surface area (Å²) < 4.78 is 0. The molecule has 0 aromatic heterocycles. The molecule has 0 aliphatic rings. The zero-order valence-electron chi connectivity index (χ0n) is 21.1. The summed E-state index contributed by atoms with van der Waals surface area (Å²) in [5.74, 6) is 0. The van der Waals surface area contributed by atoms with E-state index in [4.69, 9.17) is 0 Å². The van der Waals surface area contributed by atoms with Crippen LogP contribution in [0.2, 0.25) is 0 Å². The van der Waals surface area contributed by atoms with Crippen molar-refractivity contribution in [2.24, 2.45) is 0 Å². The molecule has 7 aromatic rings. The van der Waals surface area contributed by atoms with E-state index in [-0.39, 0.29) is 0 Å². The highest BCUT2D eigenvalue weighted by atomic mass is 14.2. The Kier molecular flexibility index (Phi) is 5.38. The summed E-state index contributed by atoms with van der Waals surface area (Å²) >= 11 is 0. The normalized spacial score (nSPS) is 12.6. The summed E-state index contributed by atoms with van der Waals surface area (Å²) in [4.78, 5) is 0. The van der Waals surface area contributed by atoms with Crippen LogP contribution in [-0.4, -0.2) is 0 Å². The van der Waals surface area contributed by atoms with Gasteiger partial charge in [0.2, 0.25) is 0 Å². The third-order valence-corrected chi connectivity index (χ3v) is 7.58. The molecule has 0 nitrogen and oxygen atoms in total. The topological polar surface area (TPSA) is 0 Å². The molecule has 0 bridgehead atoms. The molecule has 0 heteroatoms. The summed E-state index contributed by atoms with van der Waals surface area (Å²) in [6.45, 7) is 4.05. The molecule has 0 saturated carbocycles. The van der Waals surface area contributed by atoms with Crippen LogP contribution < -0.4 is 10.4 Å². The first-order valence-corrected chi connectivity index (χ1v) is 13.1. The first-order valence-electron chi connectivity index (χ1n) is 13.1. The Morgan fingerprint density at radius 1 is 0.474 bits per heavy atom. The maximum Gasteiger partial charge on any atom is -0.00264 e. The SMILES string of the molecule is C=CC=c1c(=Cc2c3ccccc3c(-c3ccccc3)c3ccccc23)ccc2cc3ccccc3cc12. The molecule has 0 saturated heterocycles. The van der Waals surface area contributed by atoms with E-state index in [1.807, 2.05) is 6.08 Å². The van der Waals surface area contributed by atoms with Crippen LogP contribution in [0.3, 0.4) is 0 Å². The fourth-order valence-corrected chi connectivity index (χ4v) is 5.87. The molecule has 0 fully saturated rings. The maximum atomic E-state index is 4.05. The van der Waals surface area contributed by atoms with Gasteiger partial charge in [-0.3, -0.25) is 0 Å². The van der Waals surface area contributed by atoms with Crippen LogP contribution in [0.25, 0.3) is 66.4 Å². The van der Waals surface area contributed by atoms with Crippen LogP contribution in [0, 0.1) is 0 Å². The standard InChI is InChI=1S/C38H26/c1-2-12-31-30(22-21-29-23-27-15-6-7-16-28(27)24-36(29)31)25-37-32-17-8-10-19-34(32)38(26-13-4-3-5-14-26)35-20-11-9-18-33(35)37/h2-25H,1H2. The van der Waals surface area contributed by atoms with Crippen molar-refractivity contribution < 1.29 is 0 Å². The van der Waals surface area contributed by atoms with Crippen LogP contribution >= 0.6 is 0 Å². The van der Waals surface area contributed by atoms with Gasteiger partial charge in [0.1, 0.15) is 0 Å². The molecule has 7 rings (SSSR count). The monoisotopic (exact) mass is 482 g/mol. The van der Waals surface area contributed by atoms with Crippen LogP contribution in [0.15, 0.2) is 140 Å². The second-order valence-electron chi connectivity index (χ2n) is 9.78. The van der Waals surface area contributed by atoms with Crippen molar-refractivity contribution in [3.8, 4) is 11.1 Å². The molecule has 178 valence electrons. The molecule has 0 spiro atoms. The average molecular weight is 483 g/mol. The highest BCUT2D eigenvalue weighted by Crippen LogP contribution is 2.39. The molecular formula is C38H26. The fraction of sp³-hybridized carbons (Fsp3) is 0. The van der Waals surface area contributed by atoms with Crippen molar-refractivity contribution in [2.75, 3.05) is 0 Å². The Bertz CT molecular complexity index is 2070. The minimum Gasteiger partial charge on any atom is -0.0990 e. The number of hydrogen-bond donors (Lipinski definition) is 0. The van der Waals surface area contributed by atoms with Gasteiger partial charge >= 0.3 is 0 Å². The van der Waals surface area contributed by atoms with Crippen LogP contribution in [0.4, 0.5) is 0 Å². The molecule has 7 aromatic carbocycles. The van der Waals surface area contributed by atoms with E-state index >= 15 is 0 Å². The number of benzene rings is 7. The lowest BCUT2D eigenvalue weighted by Gasteiger charge is -2.15. The molecule has 0 aliphatic heterocycles. The summed E-state index contributed by atoms with van der Waals surface area (Å²) in [5.41, 5.74) is 3.77. The van der Waals surface area contributed by atoms with Gasteiger partial charge in [0.05, 0.1) is 0 Å². The second kappa shape index (κ2) is 9.18. The van der Waals surface area contributed by atoms with Gasteiger partial charge in [0.25, 0.3) is 0 Å². The molecule has 0 unspecified atom stereocenters. The van der Waals surface area contributed by atoms with Crippen molar-refractivity contribution in [3.63, 3.8) is 0 Å². The third-order valence-electron chi connectivity index (χ3n) is 7.58. The molecule has 0 atom stereocenters. The van der Waals surface area contributed by atoms with Gasteiger partial charge in [-0.25, -0.2) is 0 Å². The highest BCUT2D eigenvalue weighted by molar-refractivity contribution is 6.17. The zero-order valence-corrected chi connectivity index (χ0v) is 21.1. The lowest BCUT2D eigenvalue weighted by atomic mass is 9.88. The van der Waals surface area contributed by atoms with Gasteiger partial charge < -0.3 is 0 Å². The number of hydrogen-bond acceptors (Lipinski definition) is 0. The summed E-state index contributed by atoms with van der Waals surface area (Å²) in [6.07, 6.45) is 6.41. The van der Waals surface area contributed by atoms with E-state index in [2.05, 4.69) is 146 Å². The van der Waals surface area contributed by atoms with Crippen LogP contribution in [0.1, 0.15) is 5.56 Å². The van der Waals surface area contributed by atoms with E-state index < -0.39 is 0 Å². The zero-order chi connectivity index (χ0) is 25.5. The van der Waals surface area contributed by atoms with E-state index in [0.29, 0.717) is 0 Å². The summed E-state index contributed by atoms with van der Waals surface area (Å²) in [6, 6.07) is 46.0. The van der Waals surface area contributed by atoms with Gasteiger partial charge in [-0.1, -0.05) is 134 Å². The molecule has 0 amide bonds. The first-order chi connectivity index (χ1) is 18.8. The minimum absolute atomic E-state index is 1.19. The van der Waals surface area contributed by atoms with Crippen molar-refractivity contribution in [3.05, 3.63) is 156 Å². The average Bonchev–Trinajstić information content (AvgIpc) is 2.97. The highest BCUT2D eigenvalue weighted by Gasteiger charge is 2.14. The maximum absolute atomic E-state index is 4.05. The van der Waals surface area contributed by atoms with Crippen molar-refractivity contribution in [1.82, 2.24) is 0 Å². The van der Waals surface area contributed by atoms with Gasteiger partial charge in [-0.15, -0.1) is 0 Å². The fourth-order valence-electron chi connectivity index (χ4n) is 5.87. The third kappa shape index (κ3) is 3.62. The van der Waals surface area contributed by atoms with Gasteiger partial charge in [0.15, 0.2) is 0 Å². The van der Waals surface area contributed by atoms with Crippen LogP contribution in [-0.2, 0) is 0 Å². The quantitative estimate of drug-likeness (QED) is 0.221. The molecular weight excluding hydrogens is 456 g/mol. The summed E-state index contributed by atoms with van der Waals surface area (Å²) in [7, 11) is 0.